The van der Waals surface area contributed by atoms with E-state index in [4.69, 9.17) is 10.5 Å². The van der Waals surface area contributed by atoms with Crippen molar-refractivity contribution in [2.24, 2.45) is 5.73 Å². The molecule has 0 amide bonds. The van der Waals surface area contributed by atoms with E-state index in [1.807, 2.05) is 18.2 Å². The van der Waals surface area contributed by atoms with Crippen LogP contribution in [0.1, 0.15) is 11.1 Å². The Hall–Kier alpha value is -2.66. The van der Waals surface area contributed by atoms with Crippen molar-refractivity contribution >= 4 is 6.08 Å². The van der Waals surface area contributed by atoms with Gasteiger partial charge in [0.15, 0.2) is 0 Å². The van der Waals surface area contributed by atoms with Gasteiger partial charge in [0.05, 0.1) is 12.0 Å². The topological polar surface area (TPSA) is 81.0 Å². The molecule has 2 bridgehead atoms. The standard InChI is InChI=1S/C15H13N3O2/c16-9-10-4-5-14-12(7-10)13-8-11(15(19)18-17-13)3-1-2-6-20-14/h1-8H,9,16H2,(H,18,19). The molecule has 0 unspecified atom stereocenters. The maximum Gasteiger partial charge on any atom is 0.271 e. The third-order valence-corrected chi connectivity index (χ3v) is 3.05. The minimum atomic E-state index is -0.226. The number of fused-ring (bicyclic) bond motifs is 4. The van der Waals surface area contributed by atoms with Gasteiger partial charge in [-0.05, 0) is 35.9 Å². The van der Waals surface area contributed by atoms with Gasteiger partial charge in [-0.3, -0.25) is 4.79 Å². The van der Waals surface area contributed by atoms with Crippen LogP contribution in [0.25, 0.3) is 17.3 Å². The van der Waals surface area contributed by atoms with Crippen LogP contribution in [0, 0.1) is 0 Å². The minimum absolute atomic E-state index is 0.226. The van der Waals surface area contributed by atoms with Gasteiger partial charge in [0.25, 0.3) is 5.56 Å². The Morgan fingerprint density at radius 3 is 3.00 bits per heavy atom. The molecule has 1 aliphatic rings. The number of ether oxygens (including phenoxy) is 1. The molecule has 5 nitrogen and oxygen atoms in total. The monoisotopic (exact) mass is 267 g/mol. The summed E-state index contributed by atoms with van der Waals surface area (Å²) in [5, 5.41) is 6.58. The quantitative estimate of drug-likeness (QED) is 0.825. The fourth-order valence-electron chi connectivity index (χ4n) is 2.01. The summed E-state index contributed by atoms with van der Waals surface area (Å²) < 4.78 is 5.59. The van der Waals surface area contributed by atoms with Gasteiger partial charge >= 0.3 is 0 Å². The lowest BCUT2D eigenvalue weighted by Crippen LogP contribution is -2.12. The summed E-state index contributed by atoms with van der Waals surface area (Å²) in [5.41, 5.74) is 8.40. The summed E-state index contributed by atoms with van der Waals surface area (Å²) in [7, 11) is 0. The van der Waals surface area contributed by atoms with Crippen molar-refractivity contribution in [1.82, 2.24) is 10.2 Å². The number of hydrogen-bond donors (Lipinski definition) is 2. The van der Waals surface area contributed by atoms with E-state index in [0.29, 0.717) is 23.6 Å². The Kier molecular flexibility index (Phi) is 3.18. The molecule has 3 N–H and O–H groups in total. The number of nitrogens with zero attached hydrogens (tertiary/aromatic N) is 1. The number of aromatic nitrogens is 2. The van der Waals surface area contributed by atoms with Crippen molar-refractivity contribution in [1.29, 1.82) is 0 Å². The number of nitrogens with two attached hydrogens (primary N) is 1. The van der Waals surface area contributed by atoms with Crippen molar-refractivity contribution in [2.75, 3.05) is 0 Å². The molecule has 100 valence electrons. The molecule has 0 spiro atoms. The number of nitrogens with one attached hydrogen (secondary N) is 1. The maximum atomic E-state index is 11.7. The Morgan fingerprint density at radius 1 is 1.25 bits per heavy atom. The molecule has 0 saturated heterocycles. The van der Waals surface area contributed by atoms with Gasteiger partial charge in [-0.2, -0.15) is 5.10 Å². The zero-order valence-electron chi connectivity index (χ0n) is 10.7. The van der Waals surface area contributed by atoms with E-state index in [0.717, 1.165) is 11.1 Å². The maximum absolute atomic E-state index is 11.7. The minimum Gasteiger partial charge on any atom is -0.464 e. The molecular weight excluding hydrogens is 254 g/mol. The van der Waals surface area contributed by atoms with Gasteiger partial charge in [0, 0.05) is 17.7 Å². The Balaban J connectivity index is 2.26. The van der Waals surface area contributed by atoms with Gasteiger partial charge in [0.2, 0.25) is 0 Å². The van der Waals surface area contributed by atoms with Crippen LogP contribution in [0.5, 0.6) is 5.75 Å². The fourth-order valence-corrected chi connectivity index (χ4v) is 2.01. The van der Waals surface area contributed by atoms with Crippen molar-refractivity contribution in [3.05, 3.63) is 64.2 Å². The second-order valence-electron chi connectivity index (χ2n) is 4.38. The zero-order chi connectivity index (χ0) is 13.9. The molecule has 0 saturated carbocycles. The molecule has 5 heteroatoms. The van der Waals surface area contributed by atoms with E-state index in [2.05, 4.69) is 10.2 Å². The lowest BCUT2D eigenvalue weighted by molar-refractivity contribution is 0.482. The Bertz CT molecular complexity index is 760. The second-order valence-corrected chi connectivity index (χ2v) is 4.38. The SMILES string of the molecule is NCc1ccc2c(c1)-c1cc(c(=O)[nH]n1)C=CC=CO2. The van der Waals surface area contributed by atoms with E-state index < -0.39 is 0 Å². The summed E-state index contributed by atoms with van der Waals surface area (Å²) in [4.78, 5) is 11.7. The van der Waals surface area contributed by atoms with E-state index in [-0.39, 0.29) is 5.56 Å². The smallest absolute Gasteiger partial charge is 0.271 e. The first-order valence-electron chi connectivity index (χ1n) is 6.21. The molecule has 0 atom stereocenters. The van der Waals surface area contributed by atoms with E-state index in [9.17, 15) is 4.79 Å². The average molecular weight is 267 g/mol. The summed E-state index contributed by atoms with van der Waals surface area (Å²) in [6, 6.07) is 7.40. The van der Waals surface area contributed by atoms with Crippen LogP contribution in [-0.2, 0) is 6.54 Å². The molecule has 0 aliphatic carbocycles. The molecule has 0 fully saturated rings. The second kappa shape index (κ2) is 5.14. The molecule has 1 aromatic carbocycles. The van der Waals surface area contributed by atoms with E-state index in [1.165, 1.54) is 0 Å². The van der Waals surface area contributed by atoms with Crippen LogP contribution in [0.3, 0.4) is 0 Å². The molecule has 2 heterocycles. The number of hydrogen-bond acceptors (Lipinski definition) is 4. The lowest BCUT2D eigenvalue weighted by atomic mass is 10.0. The van der Waals surface area contributed by atoms with E-state index in [1.54, 1.807) is 30.6 Å². The first-order chi connectivity index (χ1) is 9.78. The van der Waals surface area contributed by atoms with E-state index >= 15 is 0 Å². The predicted molar refractivity (Wildman–Crippen MR) is 77.0 cm³/mol. The van der Waals surface area contributed by atoms with Crippen LogP contribution < -0.4 is 16.0 Å². The number of H-pyrrole nitrogens is 1. The zero-order valence-corrected chi connectivity index (χ0v) is 10.7. The Labute approximate surface area is 115 Å². The molecule has 20 heavy (non-hydrogen) atoms. The van der Waals surface area contributed by atoms with Crippen LogP contribution in [0.4, 0.5) is 0 Å². The number of allylic oxidation sites excluding steroid dienone is 2. The number of aromatic amines is 1. The third kappa shape index (κ3) is 2.26. The fraction of sp³-hybridized carbons (Fsp3) is 0.0667. The molecule has 0 radical (unpaired) electrons. The normalized spacial score (nSPS) is 12.7. The van der Waals surface area contributed by atoms with Gasteiger partial charge in [0.1, 0.15) is 5.75 Å². The molecule has 1 aromatic heterocycles. The van der Waals surface area contributed by atoms with Crippen LogP contribution in [-0.4, -0.2) is 10.2 Å². The highest BCUT2D eigenvalue weighted by molar-refractivity contribution is 5.70. The molecule has 2 aromatic rings. The van der Waals surface area contributed by atoms with Gasteiger partial charge < -0.3 is 10.5 Å². The summed E-state index contributed by atoms with van der Waals surface area (Å²) in [6.07, 6.45) is 6.75. The summed E-state index contributed by atoms with van der Waals surface area (Å²) in [6.45, 7) is 0.430. The number of benzene rings is 1. The third-order valence-electron chi connectivity index (χ3n) is 3.05. The largest absolute Gasteiger partial charge is 0.464 e. The number of rotatable bonds is 1. The van der Waals surface area contributed by atoms with Crippen molar-refractivity contribution in [3.63, 3.8) is 0 Å². The van der Waals surface area contributed by atoms with Crippen molar-refractivity contribution < 1.29 is 4.74 Å². The van der Waals surface area contributed by atoms with Crippen molar-refractivity contribution in [2.45, 2.75) is 6.54 Å². The van der Waals surface area contributed by atoms with Gasteiger partial charge in [-0.1, -0.05) is 12.1 Å². The molecule has 3 rings (SSSR count). The summed E-state index contributed by atoms with van der Waals surface area (Å²) in [5.74, 6) is 0.666. The first kappa shape index (κ1) is 12.4. The first-order valence-corrected chi connectivity index (χ1v) is 6.21. The van der Waals surface area contributed by atoms with Gasteiger partial charge in [-0.25, -0.2) is 5.10 Å². The Morgan fingerprint density at radius 2 is 2.15 bits per heavy atom. The molecule has 1 aliphatic heterocycles. The highest BCUT2D eigenvalue weighted by Gasteiger charge is 2.11. The van der Waals surface area contributed by atoms with Crippen LogP contribution in [0.2, 0.25) is 0 Å². The molecular formula is C15H13N3O2. The highest BCUT2D eigenvalue weighted by Crippen LogP contribution is 2.30. The van der Waals surface area contributed by atoms with Gasteiger partial charge in [-0.15, -0.1) is 0 Å². The predicted octanol–water partition coefficient (Wildman–Crippen LogP) is 1.81. The summed E-state index contributed by atoms with van der Waals surface area (Å²) >= 11 is 0. The van der Waals surface area contributed by atoms with Crippen molar-refractivity contribution in [3.8, 4) is 17.0 Å². The van der Waals surface area contributed by atoms with Crippen LogP contribution in [0.15, 0.2) is 47.5 Å². The lowest BCUT2D eigenvalue weighted by Gasteiger charge is -2.10. The highest BCUT2D eigenvalue weighted by atomic mass is 16.5. The van der Waals surface area contributed by atoms with Crippen LogP contribution >= 0.6 is 0 Å². The average Bonchev–Trinajstić information content (AvgIpc) is 2.49.